The summed E-state index contributed by atoms with van der Waals surface area (Å²) in [6.07, 6.45) is 1.79. The molecule has 21 heavy (non-hydrogen) atoms. The number of rotatable bonds is 2. The Balaban J connectivity index is 0.00000161. The molecule has 1 fully saturated rings. The normalized spacial score (nSPS) is 27.5. The van der Waals surface area contributed by atoms with Gasteiger partial charge >= 0.3 is 0 Å². The van der Waals surface area contributed by atoms with Crippen molar-refractivity contribution in [2.45, 2.75) is 31.7 Å². The maximum atomic E-state index is 12.9. The summed E-state index contributed by atoms with van der Waals surface area (Å²) in [5.41, 5.74) is 6.79. The minimum atomic E-state index is -0.0566. The molecule has 2 N–H and O–H groups in total. The number of nitrogens with zero attached hydrogens (tertiary/aromatic N) is 1. The van der Waals surface area contributed by atoms with Crippen molar-refractivity contribution in [3.63, 3.8) is 0 Å². The van der Waals surface area contributed by atoms with Crippen molar-refractivity contribution in [1.29, 1.82) is 0 Å². The molecule has 3 atom stereocenters. The number of benzene rings is 1. The molecule has 0 aliphatic carbocycles. The Labute approximate surface area is 132 Å². The summed E-state index contributed by atoms with van der Waals surface area (Å²) in [6.45, 7) is 4.21. The van der Waals surface area contributed by atoms with Gasteiger partial charge < -0.3 is 15.4 Å². The van der Waals surface area contributed by atoms with Gasteiger partial charge in [-0.2, -0.15) is 0 Å². The van der Waals surface area contributed by atoms with E-state index in [9.17, 15) is 4.79 Å². The lowest BCUT2D eigenvalue weighted by molar-refractivity contribution is -0.134. The first-order valence-electron chi connectivity index (χ1n) is 7.43. The average Bonchev–Trinajstić information content (AvgIpc) is 2.87. The van der Waals surface area contributed by atoms with Crippen LogP contribution in [0.25, 0.3) is 0 Å². The van der Waals surface area contributed by atoms with E-state index in [2.05, 4.69) is 6.92 Å². The van der Waals surface area contributed by atoms with Crippen molar-refractivity contribution in [3.8, 4) is 5.75 Å². The fourth-order valence-corrected chi connectivity index (χ4v) is 3.42. The van der Waals surface area contributed by atoms with E-state index in [1.54, 1.807) is 0 Å². The van der Waals surface area contributed by atoms with Gasteiger partial charge in [0.15, 0.2) is 0 Å². The Morgan fingerprint density at radius 2 is 2.19 bits per heavy atom. The van der Waals surface area contributed by atoms with Crippen molar-refractivity contribution in [2.24, 2.45) is 11.7 Å². The molecule has 1 aromatic carbocycles. The lowest BCUT2D eigenvalue weighted by Crippen LogP contribution is -2.39. The van der Waals surface area contributed by atoms with Gasteiger partial charge in [0.2, 0.25) is 5.91 Å². The summed E-state index contributed by atoms with van der Waals surface area (Å²) in [6, 6.07) is 8.19. The fraction of sp³-hybridized carbons (Fsp3) is 0.562. The first kappa shape index (κ1) is 16.1. The number of halogens is 1. The van der Waals surface area contributed by atoms with Crippen molar-refractivity contribution in [3.05, 3.63) is 29.8 Å². The first-order chi connectivity index (χ1) is 9.70. The Morgan fingerprint density at radius 3 is 2.90 bits per heavy atom. The molecule has 4 nitrogen and oxygen atoms in total. The minimum Gasteiger partial charge on any atom is -0.493 e. The highest BCUT2D eigenvalue weighted by Crippen LogP contribution is 2.36. The van der Waals surface area contributed by atoms with Crippen LogP contribution >= 0.6 is 12.4 Å². The second-order valence-corrected chi connectivity index (χ2v) is 5.90. The van der Waals surface area contributed by atoms with Crippen LogP contribution in [0.5, 0.6) is 5.75 Å². The van der Waals surface area contributed by atoms with Gasteiger partial charge in [-0.05, 0) is 38.3 Å². The Kier molecular flexibility index (Phi) is 5.12. The Bertz CT molecular complexity index is 509. The third kappa shape index (κ3) is 3.01. The maximum Gasteiger partial charge on any atom is 0.230 e. The lowest BCUT2D eigenvalue weighted by atomic mass is 9.91. The van der Waals surface area contributed by atoms with Crippen LogP contribution in [-0.2, 0) is 4.79 Å². The second-order valence-electron chi connectivity index (χ2n) is 5.90. The van der Waals surface area contributed by atoms with Crippen LogP contribution in [0.3, 0.4) is 0 Å². The summed E-state index contributed by atoms with van der Waals surface area (Å²) >= 11 is 0. The highest BCUT2D eigenvalue weighted by molar-refractivity contribution is 5.85. The number of likely N-dealkylation sites (tertiary alicyclic amines) is 1. The van der Waals surface area contributed by atoms with E-state index in [1.807, 2.05) is 29.2 Å². The second kappa shape index (κ2) is 6.67. The van der Waals surface area contributed by atoms with Crippen LogP contribution in [0.15, 0.2) is 24.3 Å². The highest BCUT2D eigenvalue weighted by atomic mass is 35.5. The number of nitrogens with two attached hydrogens (primary N) is 1. The average molecular weight is 311 g/mol. The number of fused-ring (bicyclic) bond motifs is 1. The molecule has 3 rings (SSSR count). The molecule has 1 saturated heterocycles. The van der Waals surface area contributed by atoms with E-state index in [-0.39, 0.29) is 24.2 Å². The zero-order valence-electron chi connectivity index (χ0n) is 12.3. The molecule has 0 saturated carbocycles. The largest absolute Gasteiger partial charge is 0.493 e. The van der Waals surface area contributed by atoms with Crippen molar-refractivity contribution in [2.75, 3.05) is 19.7 Å². The van der Waals surface area contributed by atoms with Crippen molar-refractivity contribution >= 4 is 18.3 Å². The summed E-state index contributed by atoms with van der Waals surface area (Å²) < 4.78 is 5.64. The van der Waals surface area contributed by atoms with Gasteiger partial charge in [0, 0.05) is 18.2 Å². The van der Waals surface area contributed by atoms with Gasteiger partial charge in [-0.25, -0.2) is 0 Å². The zero-order chi connectivity index (χ0) is 14.1. The van der Waals surface area contributed by atoms with Gasteiger partial charge in [-0.3, -0.25) is 4.79 Å². The van der Waals surface area contributed by atoms with Crippen molar-refractivity contribution < 1.29 is 9.53 Å². The fourth-order valence-electron chi connectivity index (χ4n) is 3.42. The number of ether oxygens (including phenoxy) is 1. The molecule has 116 valence electrons. The number of carbonyl (C=O) groups excluding carboxylic acids is 1. The maximum absolute atomic E-state index is 12.9. The number of hydrogen-bond acceptors (Lipinski definition) is 3. The molecular weight excluding hydrogens is 288 g/mol. The van der Waals surface area contributed by atoms with Crippen LogP contribution in [0, 0.1) is 5.92 Å². The summed E-state index contributed by atoms with van der Waals surface area (Å²) in [5, 5.41) is 0. The smallest absolute Gasteiger partial charge is 0.230 e. The van der Waals surface area contributed by atoms with Crippen LogP contribution in [0.1, 0.15) is 31.2 Å². The van der Waals surface area contributed by atoms with E-state index in [0.717, 1.165) is 30.7 Å². The summed E-state index contributed by atoms with van der Waals surface area (Å²) in [5.74, 6) is 1.49. The monoisotopic (exact) mass is 310 g/mol. The molecule has 1 aromatic rings. The topological polar surface area (TPSA) is 55.6 Å². The molecular formula is C16H23ClN2O2. The standard InChI is InChI=1S/C16H22N2O2.ClH/c1-11-8-12(9-17)10-18(11)16(19)14-6-7-20-15-5-3-2-4-13(14)15;/h2-5,11-12,14H,6-10,17H2,1H3;1H. The van der Waals surface area contributed by atoms with Gasteiger partial charge in [0.05, 0.1) is 12.5 Å². The molecule has 0 radical (unpaired) electrons. The van der Waals surface area contributed by atoms with Gasteiger partial charge in [-0.1, -0.05) is 18.2 Å². The number of carbonyl (C=O) groups is 1. The molecule has 2 heterocycles. The van der Waals surface area contributed by atoms with Crippen LogP contribution in [0.2, 0.25) is 0 Å². The molecule has 0 aromatic heterocycles. The summed E-state index contributed by atoms with van der Waals surface area (Å²) in [7, 11) is 0. The van der Waals surface area contributed by atoms with Crippen LogP contribution in [-0.4, -0.2) is 36.5 Å². The number of hydrogen-bond donors (Lipinski definition) is 1. The summed E-state index contributed by atoms with van der Waals surface area (Å²) in [4.78, 5) is 14.9. The first-order valence-corrected chi connectivity index (χ1v) is 7.43. The molecule has 3 unspecified atom stereocenters. The van der Waals surface area contributed by atoms with E-state index in [4.69, 9.17) is 10.5 Å². The molecule has 2 aliphatic heterocycles. The number of amides is 1. The predicted octanol–water partition coefficient (Wildman–Crippen LogP) is 2.17. The molecule has 5 heteroatoms. The van der Waals surface area contributed by atoms with E-state index in [0.29, 0.717) is 25.1 Å². The van der Waals surface area contributed by atoms with E-state index in [1.165, 1.54) is 0 Å². The van der Waals surface area contributed by atoms with Gasteiger partial charge in [-0.15, -0.1) is 12.4 Å². The van der Waals surface area contributed by atoms with E-state index >= 15 is 0 Å². The highest BCUT2D eigenvalue weighted by Gasteiger charge is 2.37. The van der Waals surface area contributed by atoms with Gasteiger partial charge in [0.25, 0.3) is 0 Å². The predicted molar refractivity (Wildman–Crippen MR) is 84.9 cm³/mol. The minimum absolute atomic E-state index is 0. The zero-order valence-corrected chi connectivity index (χ0v) is 13.1. The van der Waals surface area contributed by atoms with Crippen LogP contribution in [0.4, 0.5) is 0 Å². The van der Waals surface area contributed by atoms with E-state index < -0.39 is 0 Å². The Hall–Kier alpha value is -1.26. The third-order valence-corrected chi connectivity index (χ3v) is 4.53. The Morgan fingerprint density at radius 1 is 1.43 bits per heavy atom. The quantitative estimate of drug-likeness (QED) is 0.911. The molecule has 1 amide bonds. The molecule has 0 bridgehead atoms. The molecule has 2 aliphatic rings. The molecule has 0 spiro atoms. The SMILES string of the molecule is CC1CC(CN)CN1C(=O)C1CCOc2ccccc21.Cl. The van der Waals surface area contributed by atoms with Gasteiger partial charge in [0.1, 0.15) is 5.75 Å². The van der Waals surface area contributed by atoms with Crippen LogP contribution < -0.4 is 10.5 Å². The third-order valence-electron chi connectivity index (χ3n) is 4.53. The number of para-hydroxylation sites is 1. The van der Waals surface area contributed by atoms with Crippen molar-refractivity contribution in [1.82, 2.24) is 4.90 Å². The lowest BCUT2D eigenvalue weighted by Gasteiger charge is -2.30.